The van der Waals surface area contributed by atoms with Crippen LogP contribution in [0.4, 0.5) is 0 Å². The first-order valence-electron chi connectivity index (χ1n) is 6.41. The highest BCUT2D eigenvalue weighted by Gasteiger charge is 2.19. The predicted octanol–water partition coefficient (Wildman–Crippen LogP) is 4.48. The van der Waals surface area contributed by atoms with Gasteiger partial charge >= 0.3 is 0 Å². The van der Waals surface area contributed by atoms with Gasteiger partial charge in [-0.15, -0.1) is 0 Å². The molecule has 1 unspecified atom stereocenters. The van der Waals surface area contributed by atoms with E-state index in [1.54, 1.807) is 14.2 Å². The van der Waals surface area contributed by atoms with Gasteiger partial charge in [0.25, 0.3) is 0 Å². The van der Waals surface area contributed by atoms with E-state index < -0.39 is 6.04 Å². The maximum Gasteiger partial charge on any atom is 0.133 e. The van der Waals surface area contributed by atoms with E-state index >= 15 is 0 Å². The van der Waals surface area contributed by atoms with E-state index in [1.807, 2.05) is 37.3 Å². The zero-order chi connectivity index (χ0) is 15.6. The van der Waals surface area contributed by atoms with Gasteiger partial charge in [-0.25, -0.2) is 0 Å². The van der Waals surface area contributed by atoms with Crippen molar-refractivity contribution >= 4 is 27.5 Å². The Morgan fingerprint density at radius 1 is 1.10 bits per heavy atom. The number of hydrogen-bond acceptors (Lipinski definition) is 3. The molecule has 0 aromatic heterocycles. The zero-order valence-corrected chi connectivity index (χ0v) is 14.5. The van der Waals surface area contributed by atoms with Gasteiger partial charge in [0.05, 0.1) is 24.7 Å². The van der Waals surface area contributed by atoms with E-state index in [9.17, 15) is 0 Å². The number of rotatable bonds is 4. The fourth-order valence-corrected chi connectivity index (χ4v) is 2.93. The zero-order valence-electron chi connectivity index (χ0n) is 12.1. The molecular weight excluding hydrogens is 354 g/mol. The molecule has 0 spiro atoms. The van der Waals surface area contributed by atoms with Crippen LogP contribution in [-0.4, -0.2) is 14.2 Å². The molecule has 0 saturated heterocycles. The summed E-state index contributed by atoms with van der Waals surface area (Å²) >= 11 is 9.82. The Morgan fingerprint density at radius 2 is 1.76 bits per heavy atom. The molecule has 2 aromatic rings. The Bertz CT molecular complexity index is 661. The molecule has 2 aromatic carbocycles. The Hall–Kier alpha value is -1.23. The van der Waals surface area contributed by atoms with Gasteiger partial charge in [-0.1, -0.05) is 29.8 Å². The summed E-state index contributed by atoms with van der Waals surface area (Å²) in [5, 5.41) is 0.675. The molecule has 0 bridgehead atoms. The van der Waals surface area contributed by atoms with Crippen LogP contribution < -0.4 is 15.2 Å². The van der Waals surface area contributed by atoms with Crippen molar-refractivity contribution in [2.24, 2.45) is 5.73 Å². The van der Waals surface area contributed by atoms with E-state index in [4.69, 9.17) is 26.8 Å². The monoisotopic (exact) mass is 369 g/mol. The number of benzene rings is 2. The predicted molar refractivity (Wildman–Crippen MR) is 89.5 cm³/mol. The topological polar surface area (TPSA) is 44.5 Å². The molecule has 0 amide bonds. The largest absolute Gasteiger partial charge is 0.496 e. The van der Waals surface area contributed by atoms with Crippen LogP contribution >= 0.6 is 27.5 Å². The Labute approximate surface area is 138 Å². The molecule has 0 radical (unpaired) electrons. The standard InChI is InChI=1S/C16H17BrClNO2/c1-9-5-4-6-10(15(9)18)16(19)11-7-14(21-3)12(17)8-13(11)20-2/h4-8,16H,19H2,1-3H3. The van der Waals surface area contributed by atoms with Gasteiger partial charge in [-0.2, -0.15) is 0 Å². The number of halogens is 2. The molecule has 0 saturated carbocycles. The van der Waals surface area contributed by atoms with Gasteiger partial charge in [0, 0.05) is 10.6 Å². The summed E-state index contributed by atoms with van der Waals surface area (Å²) in [6.45, 7) is 1.96. The number of hydrogen-bond donors (Lipinski definition) is 1. The van der Waals surface area contributed by atoms with E-state index in [-0.39, 0.29) is 0 Å². The fourth-order valence-electron chi connectivity index (χ4n) is 2.20. The highest BCUT2D eigenvalue weighted by molar-refractivity contribution is 9.10. The van der Waals surface area contributed by atoms with Crippen LogP contribution in [0.1, 0.15) is 22.7 Å². The quantitative estimate of drug-likeness (QED) is 0.863. The molecule has 0 aliphatic carbocycles. The smallest absolute Gasteiger partial charge is 0.133 e. The molecule has 112 valence electrons. The molecule has 21 heavy (non-hydrogen) atoms. The third-order valence-electron chi connectivity index (χ3n) is 3.40. The second-order valence-electron chi connectivity index (χ2n) is 4.68. The molecule has 2 N–H and O–H groups in total. The lowest BCUT2D eigenvalue weighted by atomic mass is 9.97. The van der Waals surface area contributed by atoms with Crippen molar-refractivity contribution in [3.8, 4) is 11.5 Å². The molecule has 0 heterocycles. The molecular formula is C16H17BrClNO2. The summed E-state index contributed by atoms with van der Waals surface area (Å²) in [6, 6.07) is 9.14. The number of nitrogens with two attached hydrogens (primary N) is 1. The number of ether oxygens (including phenoxy) is 2. The van der Waals surface area contributed by atoms with Crippen molar-refractivity contribution in [3.05, 3.63) is 56.5 Å². The molecule has 0 aliphatic rings. The Morgan fingerprint density at radius 3 is 2.38 bits per heavy atom. The van der Waals surface area contributed by atoms with Crippen LogP contribution in [0.3, 0.4) is 0 Å². The van der Waals surface area contributed by atoms with Gasteiger partial charge in [-0.05, 0) is 46.1 Å². The minimum atomic E-state index is -0.394. The normalized spacial score (nSPS) is 12.1. The molecule has 0 aliphatic heterocycles. The average Bonchev–Trinajstić information content (AvgIpc) is 2.49. The first kappa shape index (κ1) is 16.1. The molecule has 3 nitrogen and oxygen atoms in total. The van der Waals surface area contributed by atoms with Crippen LogP contribution in [0.25, 0.3) is 0 Å². The van der Waals surface area contributed by atoms with Crippen molar-refractivity contribution in [3.63, 3.8) is 0 Å². The lowest BCUT2D eigenvalue weighted by molar-refractivity contribution is 0.395. The minimum Gasteiger partial charge on any atom is -0.496 e. The number of methoxy groups -OCH3 is 2. The van der Waals surface area contributed by atoms with Crippen molar-refractivity contribution in [1.82, 2.24) is 0 Å². The van der Waals surface area contributed by atoms with Gasteiger partial charge in [0.1, 0.15) is 11.5 Å². The first-order chi connectivity index (χ1) is 9.99. The van der Waals surface area contributed by atoms with Crippen LogP contribution in [0.15, 0.2) is 34.8 Å². The summed E-state index contributed by atoms with van der Waals surface area (Å²) in [6.07, 6.45) is 0. The molecule has 1 atom stereocenters. The Kier molecular flexibility index (Phi) is 5.14. The fraction of sp³-hybridized carbons (Fsp3) is 0.250. The third kappa shape index (κ3) is 3.18. The molecule has 2 rings (SSSR count). The lowest BCUT2D eigenvalue weighted by Gasteiger charge is -2.19. The summed E-state index contributed by atoms with van der Waals surface area (Å²) < 4.78 is 11.6. The third-order valence-corrected chi connectivity index (χ3v) is 4.53. The van der Waals surface area contributed by atoms with Gasteiger partial charge < -0.3 is 15.2 Å². The van der Waals surface area contributed by atoms with Gasteiger partial charge in [-0.3, -0.25) is 0 Å². The van der Waals surface area contributed by atoms with E-state index in [1.165, 1.54) is 0 Å². The number of aryl methyl sites for hydroxylation is 1. The average molecular weight is 371 g/mol. The van der Waals surface area contributed by atoms with Crippen molar-refractivity contribution in [2.75, 3.05) is 14.2 Å². The molecule has 5 heteroatoms. The van der Waals surface area contributed by atoms with Crippen molar-refractivity contribution in [2.45, 2.75) is 13.0 Å². The van der Waals surface area contributed by atoms with Crippen molar-refractivity contribution in [1.29, 1.82) is 0 Å². The van der Waals surface area contributed by atoms with Gasteiger partial charge in [0.2, 0.25) is 0 Å². The first-order valence-corrected chi connectivity index (χ1v) is 7.58. The summed E-state index contributed by atoms with van der Waals surface area (Å²) in [5.41, 5.74) is 9.08. The highest BCUT2D eigenvalue weighted by Crippen LogP contribution is 2.38. The Balaban J connectivity index is 2.56. The lowest BCUT2D eigenvalue weighted by Crippen LogP contribution is -2.14. The maximum absolute atomic E-state index is 6.40. The van der Waals surface area contributed by atoms with E-state index in [2.05, 4.69) is 15.9 Å². The van der Waals surface area contributed by atoms with Crippen LogP contribution in [0.5, 0.6) is 11.5 Å². The second-order valence-corrected chi connectivity index (χ2v) is 5.92. The SMILES string of the molecule is COc1cc(C(N)c2cccc(C)c2Cl)c(OC)cc1Br. The highest BCUT2D eigenvalue weighted by atomic mass is 79.9. The van der Waals surface area contributed by atoms with Gasteiger partial charge in [0.15, 0.2) is 0 Å². The van der Waals surface area contributed by atoms with Crippen LogP contribution in [0, 0.1) is 6.92 Å². The van der Waals surface area contributed by atoms with Crippen molar-refractivity contribution < 1.29 is 9.47 Å². The van der Waals surface area contributed by atoms with E-state index in [0.29, 0.717) is 16.5 Å². The summed E-state index contributed by atoms with van der Waals surface area (Å²) in [4.78, 5) is 0. The minimum absolute atomic E-state index is 0.394. The summed E-state index contributed by atoms with van der Waals surface area (Å²) in [5.74, 6) is 1.39. The maximum atomic E-state index is 6.40. The molecule has 0 fully saturated rings. The van der Waals surface area contributed by atoms with Crippen LogP contribution in [0.2, 0.25) is 5.02 Å². The second kappa shape index (κ2) is 6.69. The van der Waals surface area contributed by atoms with E-state index in [0.717, 1.165) is 21.2 Å². The van der Waals surface area contributed by atoms with Crippen LogP contribution in [-0.2, 0) is 0 Å². The summed E-state index contributed by atoms with van der Waals surface area (Å²) in [7, 11) is 3.23.